The number of methoxy groups -OCH3 is 1. The highest BCUT2D eigenvalue weighted by atomic mass is 16.5. The fraction of sp³-hybridized carbons (Fsp3) is 0.857. The normalized spacial score (nSPS) is 16.4. The molecule has 0 spiro atoms. The van der Waals surface area contributed by atoms with Gasteiger partial charge in [-0.15, -0.1) is 0 Å². The van der Waals surface area contributed by atoms with Crippen LogP contribution in [0.4, 0.5) is 0 Å². The molecule has 0 aromatic rings. The summed E-state index contributed by atoms with van der Waals surface area (Å²) in [6.07, 6.45) is 0.648. The highest BCUT2D eigenvalue weighted by Crippen LogP contribution is 2.05. The number of carbonyl (C=O) groups is 1. The van der Waals surface area contributed by atoms with Crippen LogP contribution in [0.15, 0.2) is 0 Å². The number of ether oxygens (including phenoxy) is 1. The molecule has 2 N–H and O–H groups in total. The van der Waals surface area contributed by atoms with Gasteiger partial charge in [-0.1, -0.05) is 6.92 Å². The van der Waals surface area contributed by atoms with Crippen molar-refractivity contribution in [3.63, 3.8) is 0 Å². The van der Waals surface area contributed by atoms with Crippen molar-refractivity contribution in [2.24, 2.45) is 5.73 Å². The third-order valence-corrected chi connectivity index (χ3v) is 1.65. The van der Waals surface area contributed by atoms with Gasteiger partial charge in [0.1, 0.15) is 6.61 Å². The Bertz CT molecular complexity index is 121. The van der Waals surface area contributed by atoms with Crippen LogP contribution in [-0.2, 0) is 9.53 Å². The van der Waals surface area contributed by atoms with Gasteiger partial charge in [0, 0.05) is 7.11 Å². The van der Waals surface area contributed by atoms with E-state index in [0.717, 1.165) is 0 Å². The minimum atomic E-state index is -0.712. The van der Waals surface area contributed by atoms with Crippen molar-refractivity contribution < 1.29 is 9.53 Å². The molecule has 0 heterocycles. The largest absolute Gasteiger partial charge is 0.377 e. The second kappa shape index (κ2) is 3.68. The van der Waals surface area contributed by atoms with Gasteiger partial charge in [-0.25, -0.2) is 0 Å². The maximum absolute atomic E-state index is 11.0. The fourth-order valence-corrected chi connectivity index (χ4v) is 0.493. The number of ketones is 1. The van der Waals surface area contributed by atoms with Crippen LogP contribution in [0, 0.1) is 0 Å². The lowest BCUT2D eigenvalue weighted by Crippen LogP contribution is -2.46. The third kappa shape index (κ3) is 2.45. The standard InChI is InChI=1S/C7H15NO2/c1-4-7(2,8)6(9)5-10-3/h4-5,8H2,1-3H3. The maximum Gasteiger partial charge on any atom is 0.177 e. The second-order valence-corrected chi connectivity index (χ2v) is 2.63. The average molecular weight is 145 g/mol. The predicted molar refractivity (Wildman–Crippen MR) is 39.8 cm³/mol. The molecule has 0 saturated heterocycles. The summed E-state index contributed by atoms with van der Waals surface area (Å²) >= 11 is 0. The quantitative estimate of drug-likeness (QED) is 0.620. The van der Waals surface area contributed by atoms with Crippen LogP contribution in [0.1, 0.15) is 20.3 Å². The summed E-state index contributed by atoms with van der Waals surface area (Å²) in [6, 6.07) is 0. The molecule has 10 heavy (non-hydrogen) atoms. The number of hydrogen-bond donors (Lipinski definition) is 1. The Morgan fingerprint density at radius 2 is 2.20 bits per heavy atom. The molecule has 0 aromatic carbocycles. The highest BCUT2D eigenvalue weighted by Gasteiger charge is 2.24. The number of nitrogens with two attached hydrogens (primary N) is 1. The number of Topliss-reactive ketones (excluding diaryl/α,β-unsaturated/α-hetero) is 1. The Morgan fingerprint density at radius 1 is 1.70 bits per heavy atom. The molecule has 0 amide bonds. The minimum absolute atomic E-state index is 0.0440. The molecule has 1 atom stereocenters. The van der Waals surface area contributed by atoms with Crippen molar-refractivity contribution in [2.45, 2.75) is 25.8 Å². The van der Waals surface area contributed by atoms with E-state index in [2.05, 4.69) is 4.74 Å². The Hall–Kier alpha value is -0.410. The van der Waals surface area contributed by atoms with E-state index in [4.69, 9.17) is 5.73 Å². The van der Waals surface area contributed by atoms with Crippen LogP contribution in [0.5, 0.6) is 0 Å². The molecule has 0 aliphatic heterocycles. The monoisotopic (exact) mass is 145 g/mol. The van der Waals surface area contributed by atoms with E-state index in [1.54, 1.807) is 6.92 Å². The van der Waals surface area contributed by atoms with Crippen molar-refractivity contribution in [1.29, 1.82) is 0 Å². The van der Waals surface area contributed by atoms with Gasteiger partial charge in [0.25, 0.3) is 0 Å². The molecule has 0 aliphatic rings. The summed E-state index contributed by atoms with van der Waals surface area (Å²) in [5, 5.41) is 0. The number of carbonyl (C=O) groups excluding carboxylic acids is 1. The van der Waals surface area contributed by atoms with Crippen LogP contribution in [0.3, 0.4) is 0 Å². The number of hydrogen-bond acceptors (Lipinski definition) is 3. The van der Waals surface area contributed by atoms with Crippen LogP contribution < -0.4 is 5.73 Å². The molecule has 0 bridgehead atoms. The van der Waals surface area contributed by atoms with Gasteiger partial charge >= 0.3 is 0 Å². The average Bonchev–Trinajstić information content (AvgIpc) is 1.89. The summed E-state index contributed by atoms with van der Waals surface area (Å²) in [4.78, 5) is 11.0. The molecule has 3 heteroatoms. The molecule has 0 fully saturated rings. The second-order valence-electron chi connectivity index (χ2n) is 2.63. The lowest BCUT2D eigenvalue weighted by molar-refractivity contribution is -0.127. The zero-order chi connectivity index (χ0) is 8.20. The summed E-state index contributed by atoms with van der Waals surface area (Å²) in [5.41, 5.74) is 4.90. The van der Waals surface area contributed by atoms with Gasteiger partial charge in [0.15, 0.2) is 5.78 Å². The van der Waals surface area contributed by atoms with Crippen molar-refractivity contribution in [3.05, 3.63) is 0 Å². The third-order valence-electron chi connectivity index (χ3n) is 1.65. The first kappa shape index (κ1) is 9.59. The van der Waals surface area contributed by atoms with E-state index >= 15 is 0 Å². The topological polar surface area (TPSA) is 52.3 Å². The molecule has 0 radical (unpaired) electrons. The summed E-state index contributed by atoms with van der Waals surface area (Å²) < 4.78 is 4.66. The van der Waals surface area contributed by atoms with Gasteiger partial charge in [0.05, 0.1) is 5.54 Å². The maximum atomic E-state index is 11.0. The fourth-order valence-electron chi connectivity index (χ4n) is 0.493. The Morgan fingerprint density at radius 3 is 2.50 bits per heavy atom. The predicted octanol–water partition coefficient (Wildman–Crippen LogP) is 0.329. The van der Waals surface area contributed by atoms with E-state index in [9.17, 15) is 4.79 Å². The van der Waals surface area contributed by atoms with E-state index in [0.29, 0.717) is 6.42 Å². The molecule has 0 saturated carbocycles. The Balaban J connectivity index is 3.91. The van der Waals surface area contributed by atoms with Gasteiger partial charge in [0.2, 0.25) is 0 Å². The summed E-state index contributed by atoms with van der Waals surface area (Å²) in [7, 11) is 1.49. The smallest absolute Gasteiger partial charge is 0.177 e. The highest BCUT2D eigenvalue weighted by molar-refractivity contribution is 5.88. The van der Waals surface area contributed by atoms with Crippen LogP contribution in [0.2, 0.25) is 0 Å². The number of rotatable bonds is 4. The summed E-state index contributed by atoms with van der Waals surface area (Å²) in [5.74, 6) is -0.0440. The van der Waals surface area contributed by atoms with Crippen LogP contribution in [-0.4, -0.2) is 25.0 Å². The summed E-state index contributed by atoms with van der Waals surface area (Å²) in [6.45, 7) is 3.71. The molecular weight excluding hydrogens is 130 g/mol. The SMILES string of the molecule is CCC(C)(N)C(=O)COC. The lowest BCUT2D eigenvalue weighted by atomic mass is 9.95. The van der Waals surface area contributed by atoms with E-state index in [1.807, 2.05) is 6.92 Å². The minimum Gasteiger partial charge on any atom is -0.377 e. The lowest BCUT2D eigenvalue weighted by Gasteiger charge is -2.19. The van der Waals surface area contributed by atoms with Crippen molar-refractivity contribution in [1.82, 2.24) is 0 Å². The van der Waals surface area contributed by atoms with Crippen LogP contribution >= 0.6 is 0 Å². The van der Waals surface area contributed by atoms with Gasteiger partial charge in [-0.2, -0.15) is 0 Å². The molecular formula is C7H15NO2. The van der Waals surface area contributed by atoms with Crippen LogP contribution in [0.25, 0.3) is 0 Å². The molecule has 3 nitrogen and oxygen atoms in total. The Labute approximate surface area is 61.5 Å². The molecule has 60 valence electrons. The molecule has 0 aromatic heterocycles. The van der Waals surface area contributed by atoms with Gasteiger partial charge < -0.3 is 10.5 Å². The molecule has 0 rings (SSSR count). The first-order valence-electron chi connectivity index (χ1n) is 3.35. The Kier molecular flexibility index (Phi) is 3.53. The molecule has 1 unspecified atom stereocenters. The molecule has 0 aliphatic carbocycles. The first-order chi connectivity index (χ1) is 4.54. The van der Waals surface area contributed by atoms with Gasteiger partial charge in [-0.05, 0) is 13.3 Å². The van der Waals surface area contributed by atoms with E-state index < -0.39 is 5.54 Å². The zero-order valence-corrected chi connectivity index (χ0v) is 6.81. The van der Waals surface area contributed by atoms with Crippen molar-refractivity contribution >= 4 is 5.78 Å². The van der Waals surface area contributed by atoms with Crippen molar-refractivity contribution in [2.75, 3.05) is 13.7 Å². The van der Waals surface area contributed by atoms with Crippen molar-refractivity contribution in [3.8, 4) is 0 Å². The zero-order valence-electron chi connectivity index (χ0n) is 6.81. The first-order valence-corrected chi connectivity index (χ1v) is 3.35. The van der Waals surface area contributed by atoms with E-state index in [-0.39, 0.29) is 12.4 Å². The van der Waals surface area contributed by atoms with Gasteiger partial charge in [-0.3, -0.25) is 4.79 Å². The van der Waals surface area contributed by atoms with E-state index in [1.165, 1.54) is 7.11 Å².